The van der Waals surface area contributed by atoms with E-state index in [1.54, 1.807) is 4.68 Å². The van der Waals surface area contributed by atoms with Gasteiger partial charge >= 0.3 is 5.69 Å². The molecular weight excluding hydrogens is 118 g/mol. The molecule has 0 atom stereocenters. The monoisotopic (exact) mass is 127 g/mol. The van der Waals surface area contributed by atoms with Crippen LogP contribution in [0.1, 0.15) is 13.3 Å². The first-order valence-electron chi connectivity index (χ1n) is 2.94. The van der Waals surface area contributed by atoms with Crippen molar-refractivity contribution in [1.82, 2.24) is 14.8 Å². The molecule has 0 bridgehead atoms. The van der Waals surface area contributed by atoms with Gasteiger partial charge in [0.25, 0.3) is 0 Å². The van der Waals surface area contributed by atoms with E-state index in [1.807, 2.05) is 6.92 Å². The summed E-state index contributed by atoms with van der Waals surface area (Å²) < 4.78 is 1.67. The lowest BCUT2D eigenvalue weighted by Gasteiger charge is -1.92. The maximum atomic E-state index is 10.4. The molecule has 1 aromatic heterocycles. The molecule has 9 heavy (non-hydrogen) atoms. The summed E-state index contributed by atoms with van der Waals surface area (Å²) in [5, 5.41) is 2.53. The number of aromatic nitrogens is 3. The van der Waals surface area contributed by atoms with Crippen molar-refractivity contribution in [3.63, 3.8) is 0 Å². The lowest BCUT2D eigenvalue weighted by atomic mass is 10.5. The Hall–Kier alpha value is -1.06. The molecule has 50 valence electrons. The second-order valence-corrected chi connectivity index (χ2v) is 1.85. The zero-order valence-electron chi connectivity index (χ0n) is 5.29. The van der Waals surface area contributed by atoms with Crippen LogP contribution in [0.4, 0.5) is 0 Å². The third kappa shape index (κ3) is 1.42. The molecule has 0 spiro atoms. The SMILES string of the molecule is CCCn1cnc(=O)[nH]1. The lowest BCUT2D eigenvalue weighted by Crippen LogP contribution is -2.05. The lowest BCUT2D eigenvalue weighted by molar-refractivity contribution is 0.597. The molecule has 4 heteroatoms. The zero-order chi connectivity index (χ0) is 6.69. The van der Waals surface area contributed by atoms with E-state index in [0.717, 1.165) is 13.0 Å². The number of nitrogens with one attached hydrogen (secondary N) is 1. The molecule has 1 aromatic rings. The summed E-state index contributed by atoms with van der Waals surface area (Å²) in [7, 11) is 0. The largest absolute Gasteiger partial charge is 0.361 e. The molecule has 0 amide bonds. The molecule has 4 nitrogen and oxygen atoms in total. The Bertz CT molecular complexity index is 224. The number of hydrogen-bond donors (Lipinski definition) is 1. The molecule has 0 saturated carbocycles. The van der Waals surface area contributed by atoms with Crippen molar-refractivity contribution in [1.29, 1.82) is 0 Å². The van der Waals surface area contributed by atoms with Crippen LogP contribution in [0.3, 0.4) is 0 Å². The predicted octanol–water partition coefficient (Wildman–Crippen LogP) is -0.0186. The Morgan fingerprint density at radius 3 is 3.11 bits per heavy atom. The van der Waals surface area contributed by atoms with Crippen molar-refractivity contribution < 1.29 is 0 Å². The minimum Gasteiger partial charge on any atom is -0.273 e. The summed E-state index contributed by atoms with van der Waals surface area (Å²) in [6.07, 6.45) is 2.51. The van der Waals surface area contributed by atoms with Crippen LogP contribution in [-0.2, 0) is 6.54 Å². The molecule has 0 aliphatic heterocycles. The van der Waals surface area contributed by atoms with Crippen LogP contribution in [0, 0.1) is 0 Å². The van der Waals surface area contributed by atoms with Crippen molar-refractivity contribution in [2.45, 2.75) is 19.9 Å². The highest BCUT2D eigenvalue weighted by molar-refractivity contribution is 4.57. The molecule has 0 fully saturated rings. The average Bonchev–Trinajstić information content (AvgIpc) is 2.17. The van der Waals surface area contributed by atoms with E-state index in [9.17, 15) is 4.79 Å². The van der Waals surface area contributed by atoms with Crippen molar-refractivity contribution in [3.8, 4) is 0 Å². The van der Waals surface area contributed by atoms with Crippen molar-refractivity contribution >= 4 is 0 Å². The Kier molecular flexibility index (Phi) is 1.67. The molecule has 0 aliphatic rings. The summed E-state index contributed by atoms with van der Waals surface area (Å²) in [6.45, 7) is 2.87. The quantitative estimate of drug-likeness (QED) is 0.607. The molecule has 0 aromatic carbocycles. The summed E-state index contributed by atoms with van der Waals surface area (Å²) in [5.41, 5.74) is -0.275. The number of aromatic amines is 1. The van der Waals surface area contributed by atoms with Gasteiger partial charge in [-0.1, -0.05) is 6.92 Å². The van der Waals surface area contributed by atoms with E-state index in [4.69, 9.17) is 0 Å². The van der Waals surface area contributed by atoms with Crippen LogP contribution < -0.4 is 5.69 Å². The van der Waals surface area contributed by atoms with Gasteiger partial charge in [0.05, 0.1) is 0 Å². The van der Waals surface area contributed by atoms with Crippen LogP contribution in [0.5, 0.6) is 0 Å². The molecule has 0 unspecified atom stereocenters. The third-order valence-electron chi connectivity index (χ3n) is 1.02. The van der Waals surface area contributed by atoms with Gasteiger partial charge in [-0.05, 0) is 6.42 Å². The highest BCUT2D eigenvalue weighted by atomic mass is 16.1. The number of H-pyrrole nitrogens is 1. The van der Waals surface area contributed by atoms with E-state index >= 15 is 0 Å². The van der Waals surface area contributed by atoms with Gasteiger partial charge in [-0.2, -0.15) is 4.98 Å². The topological polar surface area (TPSA) is 50.7 Å². The summed E-state index contributed by atoms with van der Waals surface area (Å²) in [5.74, 6) is 0. The second kappa shape index (κ2) is 2.48. The van der Waals surface area contributed by atoms with Gasteiger partial charge in [0.15, 0.2) is 0 Å². The van der Waals surface area contributed by atoms with Crippen LogP contribution in [0.25, 0.3) is 0 Å². The van der Waals surface area contributed by atoms with Gasteiger partial charge in [-0.15, -0.1) is 0 Å². The number of rotatable bonds is 2. The van der Waals surface area contributed by atoms with Gasteiger partial charge in [0, 0.05) is 6.54 Å². The smallest absolute Gasteiger partial charge is 0.273 e. The van der Waals surface area contributed by atoms with Crippen LogP contribution in [0.15, 0.2) is 11.1 Å². The first kappa shape index (κ1) is 6.07. The molecule has 1 N–H and O–H groups in total. The Morgan fingerprint density at radius 1 is 1.89 bits per heavy atom. The van der Waals surface area contributed by atoms with E-state index in [1.165, 1.54) is 6.33 Å². The predicted molar refractivity (Wildman–Crippen MR) is 33.1 cm³/mol. The van der Waals surface area contributed by atoms with Crippen molar-refractivity contribution in [2.75, 3.05) is 0 Å². The van der Waals surface area contributed by atoms with Crippen LogP contribution >= 0.6 is 0 Å². The zero-order valence-corrected chi connectivity index (χ0v) is 5.29. The fraction of sp³-hybridized carbons (Fsp3) is 0.600. The highest BCUT2D eigenvalue weighted by Gasteiger charge is 1.87. The fourth-order valence-electron chi connectivity index (χ4n) is 0.657. The molecular formula is C5H9N3O. The van der Waals surface area contributed by atoms with E-state index < -0.39 is 0 Å². The number of aryl methyl sites for hydroxylation is 1. The van der Waals surface area contributed by atoms with Gasteiger partial charge in [-0.3, -0.25) is 4.68 Å². The first-order chi connectivity index (χ1) is 4.33. The summed E-state index contributed by atoms with van der Waals surface area (Å²) in [4.78, 5) is 13.9. The Labute approximate surface area is 52.5 Å². The minimum absolute atomic E-state index is 0.275. The Balaban J connectivity index is 2.73. The van der Waals surface area contributed by atoms with Crippen LogP contribution in [0.2, 0.25) is 0 Å². The third-order valence-corrected chi connectivity index (χ3v) is 1.02. The first-order valence-corrected chi connectivity index (χ1v) is 2.94. The van der Waals surface area contributed by atoms with Crippen molar-refractivity contribution in [3.05, 3.63) is 16.8 Å². The maximum Gasteiger partial charge on any atom is 0.361 e. The average molecular weight is 127 g/mol. The summed E-state index contributed by atoms with van der Waals surface area (Å²) >= 11 is 0. The van der Waals surface area contributed by atoms with Crippen LogP contribution in [-0.4, -0.2) is 14.8 Å². The minimum atomic E-state index is -0.275. The summed E-state index contributed by atoms with van der Waals surface area (Å²) in [6, 6.07) is 0. The molecule has 1 heterocycles. The molecule has 0 radical (unpaired) electrons. The van der Waals surface area contributed by atoms with Gasteiger partial charge in [0.2, 0.25) is 0 Å². The standard InChI is InChI=1S/C5H9N3O/c1-2-3-8-4-6-5(9)7-8/h4H,2-3H2,1H3,(H,7,9). The highest BCUT2D eigenvalue weighted by Crippen LogP contribution is 1.80. The van der Waals surface area contributed by atoms with Gasteiger partial charge in [0.1, 0.15) is 6.33 Å². The van der Waals surface area contributed by atoms with Gasteiger partial charge < -0.3 is 0 Å². The van der Waals surface area contributed by atoms with Gasteiger partial charge in [-0.25, -0.2) is 9.89 Å². The van der Waals surface area contributed by atoms with E-state index in [-0.39, 0.29) is 5.69 Å². The van der Waals surface area contributed by atoms with Crippen molar-refractivity contribution in [2.24, 2.45) is 0 Å². The Morgan fingerprint density at radius 2 is 2.67 bits per heavy atom. The van der Waals surface area contributed by atoms with E-state index in [2.05, 4.69) is 10.1 Å². The maximum absolute atomic E-state index is 10.4. The second-order valence-electron chi connectivity index (χ2n) is 1.85. The fourth-order valence-corrected chi connectivity index (χ4v) is 0.657. The number of hydrogen-bond acceptors (Lipinski definition) is 2. The normalized spacial score (nSPS) is 9.89. The molecule has 1 rings (SSSR count). The van der Waals surface area contributed by atoms with E-state index in [0.29, 0.717) is 0 Å². The number of nitrogens with zero attached hydrogens (tertiary/aromatic N) is 2. The molecule has 0 aliphatic carbocycles. The molecule has 0 saturated heterocycles.